The fourth-order valence-corrected chi connectivity index (χ4v) is 4.23. The van der Waals surface area contributed by atoms with Gasteiger partial charge in [0.2, 0.25) is 11.8 Å². The molecule has 4 aromatic rings. The van der Waals surface area contributed by atoms with Gasteiger partial charge in [0.1, 0.15) is 28.9 Å². The van der Waals surface area contributed by atoms with Crippen LogP contribution in [0.4, 0.5) is 23.1 Å². The lowest BCUT2D eigenvalue weighted by Crippen LogP contribution is -2.25. The molecule has 0 atom stereocenters. The topological polar surface area (TPSA) is 93.7 Å². The number of ether oxygens (including phenoxy) is 3. The van der Waals surface area contributed by atoms with Crippen LogP contribution in [0.25, 0.3) is 0 Å². The van der Waals surface area contributed by atoms with E-state index < -0.39 is 0 Å². The number of aromatic nitrogens is 3. The van der Waals surface area contributed by atoms with E-state index in [1.54, 1.807) is 37.7 Å². The molecule has 0 radical (unpaired) electrons. The first-order valence-electron chi connectivity index (χ1n) is 12.4. The largest absolute Gasteiger partial charge is 0.494 e. The Morgan fingerprint density at radius 2 is 1.76 bits per heavy atom. The zero-order valence-electron chi connectivity index (χ0n) is 21.1. The molecule has 1 fully saturated rings. The number of anilines is 4. The highest BCUT2D eigenvalue weighted by Crippen LogP contribution is 2.34. The Hall–Kier alpha value is -4.08. The average molecular weight is 533 g/mol. The van der Waals surface area contributed by atoms with Crippen LogP contribution >= 0.6 is 11.6 Å². The van der Waals surface area contributed by atoms with Gasteiger partial charge in [-0.1, -0.05) is 29.8 Å². The van der Waals surface area contributed by atoms with E-state index in [-0.39, 0.29) is 0 Å². The van der Waals surface area contributed by atoms with Gasteiger partial charge in [-0.3, -0.25) is 4.90 Å². The molecule has 1 aliphatic rings. The summed E-state index contributed by atoms with van der Waals surface area (Å²) in [7, 11) is 1.59. The van der Waals surface area contributed by atoms with Crippen molar-refractivity contribution in [3.8, 4) is 23.1 Å². The first-order valence-corrected chi connectivity index (χ1v) is 12.8. The third kappa shape index (κ3) is 6.81. The van der Waals surface area contributed by atoms with Crippen molar-refractivity contribution in [1.29, 1.82) is 0 Å². The Labute approximate surface area is 226 Å². The molecule has 9 nitrogen and oxygen atoms in total. The minimum absolute atomic E-state index is 0.365. The quantitative estimate of drug-likeness (QED) is 0.231. The Bertz CT molecular complexity index is 1350. The van der Waals surface area contributed by atoms with Crippen molar-refractivity contribution in [3.05, 3.63) is 78.1 Å². The molecular formula is C28H29ClN6O3. The summed E-state index contributed by atoms with van der Waals surface area (Å²) in [6, 6.07) is 18.7. The summed E-state index contributed by atoms with van der Waals surface area (Å²) in [4.78, 5) is 15.5. The molecule has 0 amide bonds. The number of methoxy groups -OCH3 is 1. The molecule has 0 saturated carbocycles. The molecular weight excluding hydrogens is 504 g/mol. The van der Waals surface area contributed by atoms with Crippen molar-refractivity contribution >= 4 is 34.7 Å². The number of para-hydroxylation sites is 1. The molecule has 196 valence electrons. The smallest absolute Gasteiger partial charge is 0.229 e. The molecule has 0 bridgehead atoms. The number of halogens is 1. The van der Waals surface area contributed by atoms with Crippen molar-refractivity contribution in [2.24, 2.45) is 0 Å². The first kappa shape index (κ1) is 25.6. The number of pyridine rings is 1. The summed E-state index contributed by atoms with van der Waals surface area (Å²) in [5.41, 5.74) is 1.54. The molecule has 1 aliphatic heterocycles. The second-order valence-corrected chi connectivity index (χ2v) is 9.10. The second kappa shape index (κ2) is 12.4. The van der Waals surface area contributed by atoms with Crippen molar-refractivity contribution in [2.45, 2.75) is 12.8 Å². The van der Waals surface area contributed by atoms with Gasteiger partial charge in [-0.25, -0.2) is 9.97 Å². The summed E-state index contributed by atoms with van der Waals surface area (Å²) in [5.74, 6) is 3.18. The zero-order valence-corrected chi connectivity index (χ0v) is 21.8. The number of likely N-dealkylation sites (tertiary alicyclic amines) is 1. The Morgan fingerprint density at radius 1 is 0.947 bits per heavy atom. The lowest BCUT2D eigenvalue weighted by Gasteiger charge is -2.15. The summed E-state index contributed by atoms with van der Waals surface area (Å²) >= 11 is 6.30. The van der Waals surface area contributed by atoms with E-state index in [1.165, 1.54) is 12.8 Å². The van der Waals surface area contributed by atoms with Gasteiger partial charge in [-0.15, -0.1) is 0 Å². The van der Waals surface area contributed by atoms with Crippen molar-refractivity contribution in [1.82, 2.24) is 19.9 Å². The minimum atomic E-state index is 0.365. The van der Waals surface area contributed by atoms with E-state index in [4.69, 9.17) is 25.8 Å². The summed E-state index contributed by atoms with van der Waals surface area (Å²) < 4.78 is 17.5. The predicted molar refractivity (Wildman–Crippen MR) is 149 cm³/mol. The number of nitrogens with zero attached hydrogens (tertiary/aromatic N) is 4. The van der Waals surface area contributed by atoms with Gasteiger partial charge in [0.05, 0.1) is 19.0 Å². The number of hydrogen-bond donors (Lipinski definition) is 2. The molecule has 0 aliphatic carbocycles. The normalized spacial score (nSPS) is 13.2. The van der Waals surface area contributed by atoms with Gasteiger partial charge in [-0.05, 0) is 56.3 Å². The molecule has 3 heterocycles. The van der Waals surface area contributed by atoms with Gasteiger partial charge < -0.3 is 24.8 Å². The SMILES string of the molecule is COc1cc(Oc2ccnc(OCCN3CCCC3)c2)ccc1Nc1ncc(Cl)c(Nc2ccccc2)n1. The van der Waals surface area contributed by atoms with E-state index >= 15 is 0 Å². The zero-order chi connectivity index (χ0) is 26.2. The maximum atomic E-state index is 6.30. The number of rotatable bonds is 11. The van der Waals surface area contributed by atoms with Crippen LogP contribution in [0.3, 0.4) is 0 Å². The van der Waals surface area contributed by atoms with Gasteiger partial charge in [-0.2, -0.15) is 4.98 Å². The fraction of sp³-hybridized carbons (Fsp3) is 0.250. The Balaban J connectivity index is 1.23. The summed E-state index contributed by atoms with van der Waals surface area (Å²) in [5, 5.41) is 6.80. The third-order valence-corrected chi connectivity index (χ3v) is 6.27. The minimum Gasteiger partial charge on any atom is -0.494 e. The van der Waals surface area contributed by atoms with Crippen LogP contribution < -0.4 is 24.8 Å². The van der Waals surface area contributed by atoms with Crippen LogP contribution in [0.15, 0.2) is 73.1 Å². The van der Waals surface area contributed by atoms with E-state index in [9.17, 15) is 0 Å². The van der Waals surface area contributed by atoms with E-state index in [0.717, 1.165) is 25.3 Å². The fourth-order valence-electron chi connectivity index (χ4n) is 4.09. The number of benzene rings is 2. The maximum Gasteiger partial charge on any atom is 0.229 e. The molecule has 10 heteroatoms. The van der Waals surface area contributed by atoms with Gasteiger partial charge in [0, 0.05) is 30.6 Å². The average Bonchev–Trinajstić information content (AvgIpc) is 3.46. The first-order chi connectivity index (χ1) is 18.7. The van der Waals surface area contributed by atoms with E-state index in [2.05, 4.69) is 30.5 Å². The lowest BCUT2D eigenvalue weighted by atomic mass is 10.2. The van der Waals surface area contributed by atoms with Crippen LogP contribution in [-0.2, 0) is 0 Å². The Morgan fingerprint density at radius 3 is 2.58 bits per heavy atom. The highest BCUT2D eigenvalue weighted by Gasteiger charge is 2.13. The van der Waals surface area contributed by atoms with Crippen LogP contribution in [0, 0.1) is 0 Å². The molecule has 2 aromatic heterocycles. The standard InChI is InChI=1S/C28H29ClN6O3/c1-36-25-17-21(38-22-11-12-30-26(18-22)37-16-15-35-13-5-6-14-35)9-10-24(25)33-28-31-19-23(29)27(34-28)32-20-7-3-2-4-8-20/h2-4,7-12,17-19H,5-6,13-16H2,1H3,(H2,31,32,33,34). The predicted octanol–water partition coefficient (Wildman–Crippen LogP) is 6.29. The summed E-state index contributed by atoms with van der Waals surface area (Å²) in [6.45, 7) is 3.78. The molecule has 0 spiro atoms. The van der Waals surface area contributed by atoms with Gasteiger partial charge >= 0.3 is 0 Å². The molecule has 2 N–H and O–H groups in total. The van der Waals surface area contributed by atoms with E-state index in [0.29, 0.717) is 52.2 Å². The van der Waals surface area contributed by atoms with Gasteiger partial charge in [0.25, 0.3) is 0 Å². The molecule has 1 saturated heterocycles. The lowest BCUT2D eigenvalue weighted by molar-refractivity contribution is 0.231. The van der Waals surface area contributed by atoms with Crippen molar-refractivity contribution in [2.75, 3.05) is 44.0 Å². The highest BCUT2D eigenvalue weighted by atomic mass is 35.5. The van der Waals surface area contributed by atoms with Crippen LogP contribution in [0.1, 0.15) is 12.8 Å². The number of nitrogens with one attached hydrogen (secondary N) is 2. The highest BCUT2D eigenvalue weighted by molar-refractivity contribution is 6.32. The second-order valence-electron chi connectivity index (χ2n) is 8.70. The molecule has 2 aromatic carbocycles. The summed E-state index contributed by atoms with van der Waals surface area (Å²) in [6.07, 6.45) is 5.74. The molecule has 5 rings (SSSR count). The Kier molecular flexibility index (Phi) is 8.37. The van der Waals surface area contributed by atoms with Crippen molar-refractivity contribution in [3.63, 3.8) is 0 Å². The van der Waals surface area contributed by atoms with Gasteiger partial charge in [0.15, 0.2) is 5.82 Å². The molecule has 38 heavy (non-hydrogen) atoms. The van der Waals surface area contributed by atoms with Crippen LogP contribution in [-0.4, -0.2) is 53.2 Å². The monoisotopic (exact) mass is 532 g/mol. The van der Waals surface area contributed by atoms with Crippen molar-refractivity contribution < 1.29 is 14.2 Å². The molecule has 0 unspecified atom stereocenters. The third-order valence-electron chi connectivity index (χ3n) is 6.00. The van der Waals surface area contributed by atoms with Crippen LogP contribution in [0.2, 0.25) is 5.02 Å². The van der Waals surface area contributed by atoms with Crippen LogP contribution in [0.5, 0.6) is 23.1 Å². The maximum absolute atomic E-state index is 6.30. The number of hydrogen-bond acceptors (Lipinski definition) is 9. The van der Waals surface area contributed by atoms with E-state index in [1.807, 2.05) is 42.5 Å².